The standard InChI is InChI=1S/C20H20FN3/c21-17-7-3-6-16(14-17)20-19-9-4-11-23(19)12-5-13-24(20)15-18-8-1-2-10-22-18/h1-4,6-11,14,20H,5,12-13,15H2. The van der Waals surface area contributed by atoms with Crippen LogP contribution in [0, 0.1) is 5.82 Å². The molecular weight excluding hydrogens is 301 g/mol. The minimum atomic E-state index is -0.187. The van der Waals surface area contributed by atoms with Crippen LogP contribution in [-0.4, -0.2) is 21.0 Å². The highest BCUT2D eigenvalue weighted by Crippen LogP contribution is 2.33. The van der Waals surface area contributed by atoms with Gasteiger partial charge in [-0.05, 0) is 48.4 Å². The van der Waals surface area contributed by atoms with Crippen LogP contribution in [0.5, 0.6) is 0 Å². The highest BCUT2D eigenvalue weighted by atomic mass is 19.1. The third kappa shape index (κ3) is 2.97. The van der Waals surface area contributed by atoms with E-state index in [1.165, 1.54) is 11.8 Å². The average Bonchev–Trinajstić information content (AvgIpc) is 2.97. The number of hydrogen-bond donors (Lipinski definition) is 0. The van der Waals surface area contributed by atoms with Crippen molar-refractivity contribution in [2.45, 2.75) is 25.6 Å². The van der Waals surface area contributed by atoms with Crippen LogP contribution in [0.3, 0.4) is 0 Å². The lowest BCUT2D eigenvalue weighted by Gasteiger charge is -2.30. The van der Waals surface area contributed by atoms with Crippen molar-refractivity contribution in [1.29, 1.82) is 0 Å². The molecule has 1 aliphatic heterocycles. The summed E-state index contributed by atoms with van der Waals surface area (Å²) in [4.78, 5) is 6.87. The Morgan fingerprint density at radius 1 is 1.04 bits per heavy atom. The van der Waals surface area contributed by atoms with Crippen molar-refractivity contribution in [2.75, 3.05) is 6.54 Å². The van der Waals surface area contributed by atoms with E-state index in [1.807, 2.05) is 30.5 Å². The van der Waals surface area contributed by atoms with Crippen molar-refractivity contribution in [3.63, 3.8) is 0 Å². The molecule has 0 amide bonds. The Bertz CT molecular complexity index is 813. The molecule has 0 saturated heterocycles. The van der Waals surface area contributed by atoms with E-state index in [-0.39, 0.29) is 11.9 Å². The van der Waals surface area contributed by atoms with Crippen LogP contribution in [0.25, 0.3) is 0 Å². The van der Waals surface area contributed by atoms with Crippen molar-refractivity contribution in [3.05, 3.63) is 89.8 Å². The second-order valence-corrected chi connectivity index (χ2v) is 6.23. The Labute approximate surface area is 141 Å². The summed E-state index contributed by atoms with van der Waals surface area (Å²) < 4.78 is 16.1. The van der Waals surface area contributed by atoms with Gasteiger partial charge in [0.15, 0.2) is 0 Å². The van der Waals surface area contributed by atoms with Gasteiger partial charge in [0.25, 0.3) is 0 Å². The van der Waals surface area contributed by atoms with E-state index in [1.54, 1.807) is 12.1 Å². The highest BCUT2D eigenvalue weighted by Gasteiger charge is 2.27. The van der Waals surface area contributed by atoms with Gasteiger partial charge in [0.2, 0.25) is 0 Å². The topological polar surface area (TPSA) is 21.1 Å². The van der Waals surface area contributed by atoms with E-state index in [4.69, 9.17) is 0 Å². The molecule has 1 atom stereocenters. The monoisotopic (exact) mass is 321 g/mol. The first-order chi connectivity index (χ1) is 11.8. The molecule has 4 heteroatoms. The number of halogens is 1. The predicted molar refractivity (Wildman–Crippen MR) is 91.9 cm³/mol. The Morgan fingerprint density at radius 2 is 2.00 bits per heavy atom. The molecule has 0 radical (unpaired) electrons. The maximum Gasteiger partial charge on any atom is 0.123 e. The van der Waals surface area contributed by atoms with Crippen molar-refractivity contribution in [3.8, 4) is 0 Å². The molecule has 24 heavy (non-hydrogen) atoms. The van der Waals surface area contributed by atoms with E-state index in [0.717, 1.165) is 37.3 Å². The summed E-state index contributed by atoms with van der Waals surface area (Å²) >= 11 is 0. The molecule has 0 fully saturated rings. The van der Waals surface area contributed by atoms with Gasteiger partial charge in [-0.25, -0.2) is 4.39 Å². The van der Waals surface area contributed by atoms with Crippen LogP contribution < -0.4 is 0 Å². The molecular formula is C20H20FN3. The lowest BCUT2D eigenvalue weighted by Crippen LogP contribution is -2.29. The fourth-order valence-corrected chi connectivity index (χ4v) is 3.57. The lowest BCUT2D eigenvalue weighted by molar-refractivity contribution is 0.217. The van der Waals surface area contributed by atoms with E-state index < -0.39 is 0 Å². The number of aromatic nitrogens is 2. The molecule has 1 aliphatic rings. The Kier molecular flexibility index (Phi) is 4.13. The van der Waals surface area contributed by atoms with Gasteiger partial charge in [-0.15, -0.1) is 0 Å². The smallest absolute Gasteiger partial charge is 0.123 e. The lowest BCUT2D eigenvalue weighted by atomic mass is 10.0. The average molecular weight is 321 g/mol. The number of aryl methyl sites for hydroxylation is 1. The number of nitrogens with zero attached hydrogens (tertiary/aromatic N) is 3. The molecule has 3 heterocycles. The predicted octanol–water partition coefficient (Wildman–Crippen LogP) is 4.02. The molecule has 0 saturated carbocycles. The van der Waals surface area contributed by atoms with Gasteiger partial charge in [0.1, 0.15) is 5.82 Å². The summed E-state index contributed by atoms with van der Waals surface area (Å²) in [5, 5.41) is 0. The van der Waals surface area contributed by atoms with Crippen LogP contribution in [0.15, 0.2) is 67.0 Å². The first-order valence-electron chi connectivity index (χ1n) is 8.36. The molecule has 0 spiro atoms. The van der Waals surface area contributed by atoms with Gasteiger partial charge in [-0.3, -0.25) is 9.88 Å². The number of benzene rings is 1. The first-order valence-corrected chi connectivity index (χ1v) is 8.36. The second kappa shape index (κ2) is 6.57. The van der Waals surface area contributed by atoms with Crippen LogP contribution in [0.1, 0.15) is 29.4 Å². The summed E-state index contributed by atoms with van der Waals surface area (Å²) in [6.07, 6.45) is 5.01. The Balaban J connectivity index is 1.76. The molecule has 3 aromatic rings. The third-order valence-corrected chi connectivity index (χ3v) is 4.61. The van der Waals surface area contributed by atoms with Crippen molar-refractivity contribution in [2.24, 2.45) is 0 Å². The summed E-state index contributed by atoms with van der Waals surface area (Å²) in [5.74, 6) is -0.187. The molecule has 122 valence electrons. The number of fused-ring (bicyclic) bond motifs is 1. The zero-order valence-electron chi connectivity index (χ0n) is 13.5. The van der Waals surface area contributed by atoms with E-state index >= 15 is 0 Å². The van der Waals surface area contributed by atoms with Gasteiger partial charge < -0.3 is 4.57 Å². The van der Waals surface area contributed by atoms with Crippen LogP contribution in [0.2, 0.25) is 0 Å². The zero-order valence-corrected chi connectivity index (χ0v) is 13.5. The number of hydrogen-bond acceptors (Lipinski definition) is 2. The van der Waals surface area contributed by atoms with Crippen molar-refractivity contribution < 1.29 is 4.39 Å². The molecule has 0 aliphatic carbocycles. The van der Waals surface area contributed by atoms with Crippen molar-refractivity contribution in [1.82, 2.24) is 14.5 Å². The van der Waals surface area contributed by atoms with E-state index in [9.17, 15) is 4.39 Å². The molecule has 0 bridgehead atoms. The van der Waals surface area contributed by atoms with Gasteiger partial charge in [0.05, 0.1) is 11.7 Å². The fourth-order valence-electron chi connectivity index (χ4n) is 3.57. The number of rotatable bonds is 3. The molecule has 4 rings (SSSR count). The summed E-state index contributed by atoms with van der Waals surface area (Å²) in [5.41, 5.74) is 3.25. The molecule has 3 nitrogen and oxygen atoms in total. The minimum Gasteiger partial charge on any atom is -0.350 e. The first kappa shape index (κ1) is 15.1. The van der Waals surface area contributed by atoms with Crippen LogP contribution >= 0.6 is 0 Å². The summed E-state index contributed by atoms with van der Waals surface area (Å²) in [7, 11) is 0. The van der Waals surface area contributed by atoms with Gasteiger partial charge in [-0.1, -0.05) is 18.2 Å². The largest absolute Gasteiger partial charge is 0.350 e. The van der Waals surface area contributed by atoms with Gasteiger partial charge in [-0.2, -0.15) is 0 Å². The fraction of sp³-hybridized carbons (Fsp3) is 0.250. The molecule has 1 unspecified atom stereocenters. The highest BCUT2D eigenvalue weighted by molar-refractivity contribution is 5.30. The van der Waals surface area contributed by atoms with Gasteiger partial charge >= 0.3 is 0 Å². The molecule has 1 aromatic carbocycles. The molecule has 0 N–H and O–H groups in total. The summed E-state index contributed by atoms with van der Waals surface area (Å²) in [6.45, 7) is 2.71. The van der Waals surface area contributed by atoms with E-state index in [2.05, 4.69) is 32.8 Å². The van der Waals surface area contributed by atoms with Crippen LogP contribution in [-0.2, 0) is 13.1 Å². The quantitative estimate of drug-likeness (QED) is 0.726. The maximum atomic E-state index is 13.8. The second-order valence-electron chi connectivity index (χ2n) is 6.23. The summed E-state index contributed by atoms with van der Waals surface area (Å²) in [6, 6.07) is 17.2. The normalized spacial score (nSPS) is 18.1. The zero-order chi connectivity index (χ0) is 16.4. The Morgan fingerprint density at radius 3 is 2.83 bits per heavy atom. The Hall–Kier alpha value is -2.46. The van der Waals surface area contributed by atoms with Crippen LogP contribution in [0.4, 0.5) is 4.39 Å². The van der Waals surface area contributed by atoms with Crippen molar-refractivity contribution >= 4 is 0 Å². The molecule has 2 aromatic heterocycles. The number of pyridine rings is 1. The SMILES string of the molecule is Fc1cccc(C2c3cccn3CCCN2Cc2ccccn2)c1. The van der Waals surface area contributed by atoms with E-state index in [0.29, 0.717) is 0 Å². The maximum absolute atomic E-state index is 13.8. The van der Waals surface area contributed by atoms with Gasteiger partial charge in [0, 0.05) is 37.7 Å². The minimum absolute atomic E-state index is 0.0419. The third-order valence-electron chi connectivity index (χ3n) is 4.61.